The van der Waals surface area contributed by atoms with Crippen LogP contribution in [0.5, 0.6) is 5.75 Å². The van der Waals surface area contributed by atoms with Crippen molar-refractivity contribution in [1.29, 1.82) is 0 Å². The predicted molar refractivity (Wildman–Crippen MR) is 77.0 cm³/mol. The molecule has 1 heterocycles. The van der Waals surface area contributed by atoms with Crippen molar-refractivity contribution in [3.63, 3.8) is 0 Å². The summed E-state index contributed by atoms with van der Waals surface area (Å²) in [6.45, 7) is 2.75. The minimum Gasteiger partial charge on any atom is -0.493 e. The SMILES string of the molecule is CCOc1ccccc1C(=O)CC1CS(=O)(=O)CCN1. The first-order valence-corrected chi connectivity index (χ1v) is 8.53. The van der Waals surface area contributed by atoms with E-state index in [1.807, 2.05) is 13.0 Å². The van der Waals surface area contributed by atoms with E-state index in [0.29, 0.717) is 24.5 Å². The number of nitrogens with one attached hydrogen (secondary N) is 1. The lowest BCUT2D eigenvalue weighted by molar-refractivity contribution is 0.0968. The molecule has 1 aliphatic rings. The van der Waals surface area contributed by atoms with Gasteiger partial charge in [0.15, 0.2) is 15.6 Å². The molecule has 0 aliphatic carbocycles. The van der Waals surface area contributed by atoms with Crippen molar-refractivity contribution in [3.05, 3.63) is 29.8 Å². The van der Waals surface area contributed by atoms with Crippen LogP contribution in [0.2, 0.25) is 0 Å². The van der Waals surface area contributed by atoms with Gasteiger partial charge in [-0.25, -0.2) is 8.42 Å². The molecule has 6 heteroatoms. The fourth-order valence-corrected chi connectivity index (χ4v) is 3.75. The number of ether oxygens (including phenoxy) is 1. The van der Waals surface area contributed by atoms with Gasteiger partial charge in [0.2, 0.25) is 0 Å². The zero-order chi connectivity index (χ0) is 14.6. The van der Waals surface area contributed by atoms with Gasteiger partial charge in [-0.2, -0.15) is 0 Å². The Labute approximate surface area is 119 Å². The highest BCUT2D eigenvalue weighted by molar-refractivity contribution is 7.91. The van der Waals surface area contributed by atoms with Gasteiger partial charge in [-0.05, 0) is 19.1 Å². The summed E-state index contributed by atoms with van der Waals surface area (Å²) in [4.78, 5) is 12.3. The molecule has 1 fully saturated rings. The summed E-state index contributed by atoms with van der Waals surface area (Å²) in [5.41, 5.74) is 0.513. The summed E-state index contributed by atoms with van der Waals surface area (Å²) < 4.78 is 28.6. The second kappa shape index (κ2) is 6.37. The normalized spacial score (nSPS) is 21.4. The molecule has 1 unspecified atom stereocenters. The Morgan fingerprint density at radius 2 is 2.15 bits per heavy atom. The van der Waals surface area contributed by atoms with E-state index in [2.05, 4.69) is 5.32 Å². The molecule has 20 heavy (non-hydrogen) atoms. The molecule has 0 aromatic heterocycles. The second-order valence-electron chi connectivity index (χ2n) is 4.82. The lowest BCUT2D eigenvalue weighted by atomic mass is 10.0. The maximum Gasteiger partial charge on any atom is 0.168 e. The number of carbonyl (C=O) groups is 1. The first kappa shape index (κ1) is 15.0. The fourth-order valence-electron chi connectivity index (χ4n) is 2.31. The Bertz CT molecular complexity index is 583. The Balaban J connectivity index is 2.08. The molecule has 1 N–H and O–H groups in total. The molecule has 1 saturated heterocycles. The molecule has 5 nitrogen and oxygen atoms in total. The lowest BCUT2D eigenvalue weighted by Crippen LogP contribution is -2.46. The Morgan fingerprint density at radius 1 is 1.40 bits per heavy atom. The zero-order valence-electron chi connectivity index (χ0n) is 11.5. The Kier molecular flexibility index (Phi) is 4.77. The van der Waals surface area contributed by atoms with Gasteiger partial charge in [0.25, 0.3) is 0 Å². The van der Waals surface area contributed by atoms with Crippen LogP contribution in [0.1, 0.15) is 23.7 Å². The summed E-state index contributed by atoms with van der Waals surface area (Å²) >= 11 is 0. The third-order valence-corrected chi connectivity index (χ3v) is 4.96. The number of rotatable bonds is 5. The van der Waals surface area contributed by atoms with Crippen molar-refractivity contribution in [1.82, 2.24) is 5.32 Å². The minimum atomic E-state index is -3.03. The van der Waals surface area contributed by atoms with Crippen molar-refractivity contribution in [3.8, 4) is 5.75 Å². The average Bonchev–Trinajstić information content (AvgIpc) is 2.38. The standard InChI is InChI=1S/C14H19NO4S/c1-2-19-14-6-4-3-5-12(14)13(16)9-11-10-20(17,18)8-7-15-11/h3-6,11,15H,2,7-10H2,1H3. The molecule has 0 radical (unpaired) electrons. The summed E-state index contributed by atoms with van der Waals surface area (Å²) in [6.07, 6.45) is 0.170. The van der Waals surface area contributed by atoms with Crippen LogP contribution in [0.25, 0.3) is 0 Å². The number of para-hydroxylation sites is 1. The summed E-state index contributed by atoms with van der Waals surface area (Å²) in [5.74, 6) is 0.630. The molecule has 1 aromatic carbocycles. The third kappa shape index (κ3) is 3.80. The maximum atomic E-state index is 12.3. The summed E-state index contributed by atoms with van der Waals surface area (Å²) in [6, 6.07) is 6.74. The monoisotopic (exact) mass is 297 g/mol. The van der Waals surface area contributed by atoms with Gasteiger partial charge in [-0.3, -0.25) is 4.79 Å². The third-order valence-electron chi connectivity index (χ3n) is 3.22. The highest BCUT2D eigenvalue weighted by Crippen LogP contribution is 2.21. The van der Waals surface area contributed by atoms with Gasteiger partial charge >= 0.3 is 0 Å². The van der Waals surface area contributed by atoms with Crippen molar-refractivity contribution in [2.75, 3.05) is 24.7 Å². The summed E-state index contributed by atoms with van der Waals surface area (Å²) in [5, 5.41) is 3.09. The number of sulfone groups is 1. The van der Waals surface area contributed by atoms with Gasteiger partial charge < -0.3 is 10.1 Å². The topological polar surface area (TPSA) is 72.5 Å². The van der Waals surface area contributed by atoms with Crippen LogP contribution in [-0.2, 0) is 9.84 Å². The van der Waals surface area contributed by atoms with Gasteiger partial charge in [0, 0.05) is 19.0 Å². The van der Waals surface area contributed by atoms with Crippen molar-refractivity contribution < 1.29 is 17.9 Å². The molecular formula is C14H19NO4S. The van der Waals surface area contributed by atoms with Gasteiger partial charge in [-0.1, -0.05) is 12.1 Å². The van der Waals surface area contributed by atoms with E-state index >= 15 is 0 Å². The van der Waals surface area contributed by atoms with Crippen molar-refractivity contribution in [2.45, 2.75) is 19.4 Å². The highest BCUT2D eigenvalue weighted by Gasteiger charge is 2.27. The molecule has 2 rings (SSSR count). The van der Waals surface area contributed by atoms with Gasteiger partial charge in [0.05, 0.1) is 23.7 Å². The lowest BCUT2D eigenvalue weighted by Gasteiger charge is -2.23. The van der Waals surface area contributed by atoms with E-state index in [-0.39, 0.29) is 29.8 Å². The molecule has 1 aliphatic heterocycles. The molecule has 1 atom stereocenters. The van der Waals surface area contributed by atoms with E-state index in [1.165, 1.54) is 0 Å². The first-order valence-electron chi connectivity index (χ1n) is 6.70. The quantitative estimate of drug-likeness (QED) is 0.822. The van der Waals surface area contributed by atoms with E-state index in [1.54, 1.807) is 18.2 Å². The van der Waals surface area contributed by atoms with Gasteiger partial charge in [-0.15, -0.1) is 0 Å². The number of carbonyl (C=O) groups excluding carboxylic acids is 1. The maximum absolute atomic E-state index is 12.3. The number of Topliss-reactive ketones (excluding diaryl/α,β-unsaturated/α-hetero) is 1. The molecule has 110 valence electrons. The number of hydrogen-bond donors (Lipinski definition) is 1. The number of hydrogen-bond acceptors (Lipinski definition) is 5. The molecule has 0 amide bonds. The minimum absolute atomic E-state index is 0.0234. The van der Waals surface area contributed by atoms with E-state index in [9.17, 15) is 13.2 Å². The van der Waals surface area contributed by atoms with E-state index < -0.39 is 9.84 Å². The van der Waals surface area contributed by atoms with E-state index in [4.69, 9.17) is 4.74 Å². The van der Waals surface area contributed by atoms with Crippen molar-refractivity contribution in [2.24, 2.45) is 0 Å². The smallest absolute Gasteiger partial charge is 0.168 e. The van der Waals surface area contributed by atoms with Gasteiger partial charge in [0.1, 0.15) is 5.75 Å². The molecule has 0 saturated carbocycles. The second-order valence-corrected chi connectivity index (χ2v) is 7.05. The van der Waals surface area contributed by atoms with Crippen LogP contribution in [0.15, 0.2) is 24.3 Å². The van der Waals surface area contributed by atoms with Crippen LogP contribution in [0.4, 0.5) is 0 Å². The van der Waals surface area contributed by atoms with Crippen LogP contribution in [-0.4, -0.2) is 44.9 Å². The largest absolute Gasteiger partial charge is 0.493 e. The molecular weight excluding hydrogens is 278 g/mol. The number of ketones is 1. The molecule has 0 spiro atoms. The van der Waals surface area contributed by atoms with Crippen LogP contribution >= 0.6 is 0 Å². The van der Waals surface area contributed by atoms with E-state index in [0.717, 1.165) is 0 Å². The molecule has 0 bridgehead atoms. The first-order chi connectivity index (χ1) is 9.52. The van der Waals surface area contributed by atoms with Crippen molar-refractivity contribution >= 4 is 15.6 Å². The summed E-state index contributed by atoms with van der Waals surface area (Å²) in [7, 11) is -3.03. The average molecular weight is 297 g/mol. The Hall–Kier alpha value is -1.40. The Morgan fingerprint density at radius 3 is 2.85 bits per heavy atom. The highest BCUT2D eigenvalue weighted by atomic mass is 32.2. The fraction of sp³-hybridized carbons (Fsp3) is 0.500. The van der Waals surface area contributed by atoms with Crippen LogP contribution in [0, 0.1) is 0 Å². The molecule has 1 aromatic rings. The van der Waals surface area contributed by atoms with Crippen LogP contribution in [0.3, 0.4) is 0 Å². The predicted octanol–water partition coefficient (Wildman–Crippen LogP) is 1.04. The number of benzene rings is 1. The van der Waals surface area contributed by atoms with Crippen LogP contribution < -0.4 is 10.1 Å². The zero-order valence-corrected chi connectivity index (χ0v) is 12.3.